The van der Waals surface area contributed by atoms with Gasteiger partial charge in [0, 0.05) is 31.2 Å². The second-order valence-electron chi connectivity index (χ2n) is 8.23. The fourth-order valence-corrected chi connectivity index (χ4v) is 3.57. The van der Waals surface area contributed by atoms with Crippen molar-refractivity contribution in [3.8, 4) is 0 Å². The molecule has 0 spiro atoms. The van der Waals surface area contributed by atoms with E-state index in [4.69, 9.17) is 0 Å². The summed E-state index contributed by atoms with van der Waals surface area (Å²) >= 11 is 0. The van der Waals surface area contributed by atoms with Crippen LogP contribution in [0.15, 0.2) is 24.3 Å². The van der Waals surface area contributed by atoms with Crippen LogP contribution in [-0.2, 0) is 15.0 Å². The molecule has 0 aromatic heterocycles. The average molecular weight is 343 g/mol. The molecule has 3 rings (SSSR count). The molecule has 136 valence electrons. The molecule has 5 nitrogen and oxygen atoms in total. The van der Waals surface area contributed by atoms with E-state index < -0.39 is 0 Å². The molecule has 1 aromatic carbocycles. The van der Waals surface area contributed by atoms with E-state index in [0.29, 0.717) is 12.8 Å². The Labute approximate surface area is 150 Å². The van der Waals surface area contributed by atoms with Gasteiger partial charge in [-0.3, -0.25) is 9.59 Å². The predicted molar refractivity (Wildman–Crippen MR) is 99.7 cm³/mol. The lowest BCUT2D eigenvalue weighted by Crippen LogP contribution is -2.49. The van der Waals surface area contributed by atoms with E-state index in [9.17, 15) is 9.59 Å². The van der Waals surface area contributed by atoms with Gasteiger partial charge in [-0.1, -0.05) is 32.9 Å². The van der Waals surface area contributed by atoms with Gasteiger partial charge in [-0.05, 0) is 42.4 Å². The molecule has 1 atom stereocenters. The number of nitrogens with one attached hydrogen (secondary N) is 2. The molecule has 5 heteroatoms. The highest BCUT2D eigenvalue weighted by Gasteiger charge is 2.29. The minimum Gasteiger partial charge on any atom is -0.371 e. The highest BCUT2D eigenvalue weighted by atomic mass is 16.2. The Kier molecular flexibility index (Phi) is 5.02. The molecule has 2 saturated heterocycles. The number of amides is 2. The van der Waals surface area contributed by atoms with Crippen LogP contribution in [0.25, 0.3) is 0 Å². The SMILES string of the molecule is CC(C)(C)c1ccc(N2CCC(NC(=O)[C@@H]3CCC(=O)N3)CC2)cc1. The minimum atomic E-state index is -0.338. The fraction of sp³-hybridized carbons (Fsp3) is 0.600. The summed E-state index contributed by atoms with van der Waals surface area (Å²) in [6, 6.07) is 8.70. The van der Waals surface area contributed by atoms with E-state index in [0.717, 1.165) is 25.9 Å². The van der Waals surface area contributed by atoms with E-state index in [1.807, 2.05) is 0 Å². The van der Waals surface area contributed by atoms with Gasteiger partial charge in [0.15, 0.2) is 0 Å². The first kappa shape index (κ1) is 17.8. The zero-order valence-electron chi connectivity index (χ0n) is 15.5. The van der Waals surface area contributed by atoms with E-state index in [2.05, 4.69) is 60.6 Å². The summed E-state index contributed by atoms with van der Waals surface area (Å²) in [5.74, 6) is -0.0486. The van der Waals surface area contributed by atoms with Crippen molar-refractivity contribution in [3.63, 3.8) is 0 Å². The third kappa shape index (κ3) is 4.33. The smallest absolute Gasteiger partial charge is 0.242 e. The molecule has 0 bridgehead atoms. The van der Waals surface area contributed by atoms with Gasteiger partial charge >= 0.3 is 0 Å². The zero-order chi connectivity index (χ0) is 18.0. The van der Waals surface area contributed by atoms with Gasteiger partial charge in [0.25, 0.3) is 0 Å². The monoisotopic (exact) mass is 343 g/mol. The maximum absolute atomic E-state index is 12.2. The number of anilines is 1. The van der Waals surface area contributed by atoms with Gasteiger partial charge in [0.2, 0.25) is 11.8 Å². The molecule has 2 N–H and O–H groups in total. The summed E-state index contributed by atoms with van der Waals surface area (Å²) < 4.78 is 0. The van der Waals surface area contributed by atoms with Crippen molar-refractivity contribution in [2.45, 2.75) is 64.0 Å². The Morgan fingerprint density at radius 3 is 2.28 bits per heavy atom. The van der Waals surface area contributed by atoms with Crippen LogP contribution in [0.4, 0.5) is 5.69 Å². The minimum absolute atomic E-state index is 0.0197. The lowest BCUT2D eigenvalue weighted by Gasteiger charge is -2.34. The van der Waals surface area contributed by atoms with E-state index >= 15 is 0 Å². The molecule has 1 aromatic rings. The molecular formula is C20H29N3O2. The second kappa shape index (κ2) is 7.06. The maximum Gasteiger partial charge on any atom is 0.242 e. The summed E-state index contributed by atoms with van der Waals surface area (Å²) in [6.45, 7) is 8.56. The van der Waals surface area contributed by atoms with Crippen LogP contribution in [0.3, 0.4) is 0 Å². The highest BCUT2D eigenvalue weighted by Crippen LogP contribution is 2.26. The van der Waals surface area contributed by atoms with Crippen molar-refractivity contribution in [1.29, 1.82) is 0 Å². The Balaban J connectivity index is 1.50. The third-order valence-corrected chi connectivity index (χ3v) is 5.25. The molecule has 2 heterocycles. The summed E-state index contributed by atoms with van der Waals surface area (Å²) in [5.41, 5.74) is 2.77. The molecule has 0 unspecified atom stereocenters. The van der Waals surface area contributed by atoms with Crippen LogP contribution in [0, 0.1) is 0 Å². The summed E-state index contributed by atoms with van der Waals surface area (Å²) in [4.78, 5) is 25.8. The quantitative estimate of drug-likeness (QED) is 0.886. The van der Waals surface area contributed by atoms with Gasteiger partial charge in [-0.15, -0.1) is 0 Å². The van der Waals surface area contributed by atoms with Gasteiger partial charge in [-0.25, -0.2) is 0 Å². The van der Waals surface area contributed by atoms with Crippen LogP contribution in [0.2, 0.25) is 0 Å². The lowest BCUT2D eigenvalue weighted by molar-refractivity contribution is -0.126. The van der Waals surface area contributed by atoms with Crippen molar-refractivity contribution in [2.75, 3.05) is 18.0 Å². The van der Waals surface area contributed by atoms with Crippen molar-refractivity contribution in [1.82, 2.24) is 10.6 Å². The number of nitrogens with zero attached hydrogens (tertiary/aromatic N) is 1. The summed E-state index contributed by atoms with van der Waals surface area (Å²) in [7, 11) is 0. The Morgan fingerprint density at radius 1 is 1.12 bits per heavy atom. The topological polar surface area (TPSA) is 61.4 Å². The molecule has 2 aliphatic heterocycles. The molecule has 0 aliphatic carbocycles. The lowest BCUT2D eigenvalue weighted by atomic mass is 9.87. The Bertz CT molecular complexity index is 625. The normalized spacial score (nSPS) is 22.0. The third-order valence-electron chi connectivity index (χ3n) is 5.25. The van der Waals surface area contributed by atoms with Gasteiger partial charge in [0.05, 0.1) is 0 Å². The number of carbonyl (C=O) groups is 2. The first-order valence-electron chi connectivity index (χ1n) is 9.28. The standard InChI is InChI=1S/C20H29N3O2/c1-20(2,3)14-4-6-16(7-5-14)23-12-10-15(11-13-23)21-19(25)17-8-9-18(24)22-17/h4-7,15,17H,8-13H2,1-3H3,(H,21,25)(H,22,24)/t17-/m0/s1. The van der Waals surface area contributed by atoms with Crippen molar-refractivity contribution < 1.29 is 9.59 Å². The Hall–Kier alpha value is -2.04. The Morgan fingerprint density at radius 2 is 1.76 bits per heavy atom. The van der Waals surface area contributed by atoms with Crippen LogP contribution in [-0.4, -0.2) is 37.0 Å². The van der Waals surface area contributed by atoms with Gasteiger partial charge in [0.1, 0.15) is 6.04 Å². The molecule has 0 saturated carbocycles. The molecule has 0 radical (unpaired) electrons. The zero-order valence-corrected chi connectivity index (χ0v) is 15.5. The molecule has 25 heavy (non-hydrogen) atoms. The van der Waals surface area contributed by atoms with Crippen molar-refractivity contribution in [2.24, 2.45) is 0 Å². The molecule has 2 amide bonds. The number of hydrogen-bond donors (Lipinski definition) is 2. The van der Waals surface area contributed by atoms with E-state index in [-0.39, 0.29) is 29.3 Å². The van der Waals surface area contributed by atoms with E-state index in [1.54, 1.807) is 0 Å². The van der Waals surface area contributed by atoms with Crippen molar-refractivity contribution >= 4 is 17.5 Å². The number of benzene rings is 1. The predicted octanol–water partition coefficient (Wildman–Crippen LogP) is 2.35. The number of piperidine rings is 1. The van der Waals surface area contributed by atoms with Crippen molar-refractivity contribution in [3.05, 3.63) is 29.8 Å². The largest absolute Gasteiger partial charge is 0.371 e. The van der Waals surface area contributed by atoms with Gasteiger partial charge in [-0.2, -0.15) is 0 Å². The first-order chi connectivity index (χ1) is 11.8. The average Bonchev–Trinajstić information content (AvgIpc) is 3.02. The van der Waals surface area contributed by atoms with Crippen LogP contribution >= 0.6 is 0 Å². The summed E-state index contributed by atoms with van der Waals surface area (Å²) in [6.07, 6.45) is 2.95. The number of carbonyl (C=O) groups excluding carboxylic acids is 2. The van der Waals surface area contributed by atoms with Crippen LogP contribution in [0.1, 0.15) is 52.0 Å². The maximum atomic E-state index is 12.2. The van der Waals surface area contributed by atoms with Crippen LogP contribution in [0.5, 0.6) is 0 Å². The van der Waals surface area contributed by atoms with Crippen LogP contribution < -0.4 is 15.5 Å². The number of rotatable bonds is 3. The molecular weight excluding hydrogens is 314 g/mol. The fourth-order valence-electron chi connectivity index (χ4n) is 3.57. The molecule has 2 aliphatic rings. The second-order valence-corrected chi connectivity index (χ2v) is 8.23. The highest BCUT2D eigenvalue weighted by molar-refractivity contribution is 5.90. The number of hydrogen-bond acceptors (Lipinski definition) is 3. The van der Waals surface area contributed by atoms with Gasteiger partial charge < -0.3 is 15.5 Å². The summed E-state index contributed by atoms with van der Waals surface area (Å²) in [5, 5.41) is 5.84. The first-order valence-corrected chi connectivity index (χ1v) is 9.28. The molecule has 2 fully saturated rings. The van der Waals surface area contributed by atoms with E-state index in [1.165, 1.54) is 11.3 Å².